The lowest BCUT2D eigenvalue weighted by molar-refractivity contribution is -0.135. The summed E-state index contributed by atoms with van der Waals surface area (Å²) in [5.41, 5.74) is 0.985. The minimum Gasteiger partial charge on any atom is -0.342 e. The Bertz CT molecular complexity index is 607. The minimum atomic E-state index is -0.479. The maximum atomic E-state index is 12.5. The molecule has 1 fully saturated rings. The van der Waals surface area contributed by atoms with E-state index in [0.29, 0.717) is 19.5 Å². The van der Waals surface area contributed by atoms with E-state index in [0.717, 1.165) is 18.4 Å². The van der Waals surface area contributed by atoms with Crippen molar-refractivity contribution in [2.75, 3.05) is 13.1 Å². The van der Waals surface area contributed by atoms with Gasteiger partial charge in [0.15, 0.2) is 0 Å². The summed E-state index contributed by atoms with van der Waals surface area (Å²) in [4.78, 5) is 26.6. The van der Waals surface area contributed by atoms with Crippen LogP contribution in [0.25, 0.3) is 0 Å². The highest BCUT2D eigenvalue weighted by molar-refractivity contribution is 5.82. The van der Waals surface area contributed by atoms with E-state index in [-0.39, 0.29) is 23.7 Å². The predicted octanol–water partition coefficient (Wildman–Crippen LogP) is 2.13. The Morgan fingerprint density at radius 3 is 2.67 bits per heavy atom. The monoisotopic (exact) mass is 327 g/mol. The molecule has 0 aliphatic carbocycles. The number of nitrogens with zero attached hydrogens (tertiary/aromatic N) is 2. The van der Waals surface area contributed by atoms with Crippen LogP contribution < -0.4 is 5.32 Å². The standard InChI is InChI=1S/C19H25N3O2/c1-14(2)17(12-20)21-19(24)16-9-6-10-22(13-16)18(23)11-15-7-4-3-5-8-15/h3-5,7-8,14,16-17H,6,9-11,13H2,1-2H3,(H,21,24)/t16-,17-/m0/s1. The molecule has 0 radical (unpaired) electrons. The molecule has 0 spiro atoms. The zero-order valence-corrected chi connectivity index (χ0v) is 14.4. The third-order valence-corrected chi connectivity index (χ3v) is 4.45. The maximum Gasteiger partial charge on any atom is 0.227 e. The van der Waals surface area contributed by atoms with Crippen molar-refractivity contribution in [3.05, 3.63) is 35.9 Å². The molecule has 1 aromatic rings. The highest BCUT2D eigenvalue weighted by atomic mass is 16.2. The fraction of sp³-hybridized carbons (Fsp3) is 0.526. The van der Waals surface area contributed by atoms with Gasteiger partial charge in [0.1, 0.15) is 6.04 Å². The Kier molecular flexibility index (Phi) is 6.36. The number of rotatable bonds is 5. The van der Waals surface area contributed by atoms with Crippen molar-refractivity contribution in [3.63, 3.8) is 0 Å². The molecular formula is C19H25N3O2. The second-order valence-corrected chi connectivity index (χ2v) is 6.70. The first kappa shape index (κ1) is 18.0. The van der Waals surface area contributed by atoms with Gasteiger partial charge in [-0.3, -0.25) is 9.59 Å². The van der Waals surface area contributed by atoms with Crippen LogP contribution in [-0.2, 0) is 16.0 Å². The third-order valence-electron chi connectivity index (χ3n) is 4.45. The summed E-state index contributed by atoms with van der Waals surface area (Å²) in [6, 6.07) is 11.3. The number of nitriles is 1. The first-order valence-corrected chi connectivity index (χ1v) is 8.53. The van der Waals surface area contributed by atoms with Crippen molar-refractivity contribution in [1.82, 2.24) is 10.2 Å². The van der Waals surface area contributed by atoms with E-state index in [2.05, 4.69) is 11.4 Å². The second-order valence-electron chi connectivity index (χ2n) is 6.70. The molecule has 1 heterocycles. The maximum absolute atomic E-state index is 12.5. The number of hydrogen-bond acceptors (Lipinski definition) is 3. The van der Waals surface area contributed by atoms with Crippen molar-refractivity contribution in [3.8, 4) is 6.07 Å². The summed E-state index contributed by atoms with van der Waals surface area (Å²) in [7, 11) is 0. The van der Waals surface area contributed by atoms with Gasteiger partial charge in [-0.05, 0) is 24.3 Å². The molecule has 0 aromatic heterocycles. The number of nitrogens with one attached hydrogen (secondary N) is 1. The molecule has 0 saturated carbocycles. The quantitative estimate of drug-likeness (QED) is 0.900. The first-order valence-electron chi connectivity index (χ1n) is 8.53. The molecule has 2 atom stereocenters. The van der Waals surface area contributed by atoms with Crippen LogP contribution in [0, 0.1) is 23.2 Å². The molecule has 24 heavy (non-hydrogen) atoms. The smallest absolute Gasteiger partial charge is 0.227 e. The average molecular weight is 327 g/mol. The van der Waals surface area contributed by atoms with Crippen molar-refractivity contribution in [1.29, 1.82) is 5.26 Å². The predicted molar refractivity (Wildman–Crippen MR) is 91.8 cm³/mol. The Balaban J connectivity index is 1.92. The van der Waals surface area contributed by atoms with Crippen LogP contribution in [0.3, 0.4) is 0 Å². The van der Waals surface area contributed by atoms with Gasteiger partial charge in [0.05, 0.1) is 18.4 Å². The Morgan fingerprint density at radius 2 is 2.04 bits per heavy atom. The fourth-order valence-electron chi connectivity index (χ4n) is 2.92. The second kappa shape index (κ2) is 8.49. The molecule has 2 amide bonds. The van der Waals surface area contributed by atoms with Crippen LogP contribution in [0.1, 0.15) is 32.3 Å². The minimum absolute atomic E-state index is 0.0550. The lowest BCUT2D eigenvalue weighted by Crippen LogP contribution is -2.48. The van der Waals surface area contributed by atoms with Crippen LogP contribution in [-0.4, -0.2) is 35.8 Å². The summed E-state index contributed by atoms with van der Waals surface area (Å²) in [6.07, 6.45) is 1.94. The number of hydrogen-bond donors (Lipinski definition) is 1. The molecule has 128 valence electrons. The molecular weight excluding hydrogens is 302 g/mol. The molecule has 5 nitrogen and oxygen atoms in total. The van der Waals surface area contributed by atoms with Crippen LogP contribution in [0.5, 0.6) is 0 Å². The van der Waals surface area contributed by atoms with E-state index in [1.807, 2.05) is 44.2 Å². The zero-order chi connectivity index (χ0) is 17.5. The highest BCUT2D eigenvalue weighted by Crippen LogP contribution is 2.18. The summed E-state index contributed by atoms with van der Waals surface area (Å²) >= 11 is 0. The third kappa shape index (κ3) is 4.82. The van der Waals surface area contributed by atoms with E-state index < -0.39 is 6.04 Å². The van der Waals surface area contributed by atoms with Crippen molar-refractivity contribution < 1.29 is 9.59 Å². The van der Waals surface area contributed by atoms with Crippen LogP contribution in [0.4, 0.5) is 0 Å². The molecule has 1 aliphatic heterocycles. The van der Waals surface area contributed by atoms with Crippen LogP contribution in [0.15, 0.2) is 30.3 Å². The van der Waals surface area contributed by atoms with Crippen molar-refractivity contribution in [2.45, 2.75) is 39.2 Å². The van der Waals surface area contributed by atoms with Crippen LogP contribution in [0.2, 0.25) is 0 Å². The van der Waals surface area contributed by atoms with Gasteiger partial charge in [0, 0.05) is 13.1 Å². The molecule has 0 unspecified atom stereocenters. The first-order chi connectivity index (χ1) is 11.5. The molecule has 1 saturated heterocycles. The molecule has 1 aromatic carbocycles. The summed E-state index contributed by atoms with van der Waals surface area (Å²) in [5, 5.41) is 11.9. The van der Waals surface area contributed by atoms with E-state index in [9.17, 15) is 9.59 Å². The zero-order valence-electron chi connectivity index (χ0n) is 14.4. The molecule has 0 bridgehead atoms. The Hall–Kier alpha value is -2.35. The fourth-order valence-corrected chi connectivity index (χ4v) is 2.92. The van der Waals surface area contributed by atoms with Crippen molar-refractivity contribution >= 4 is 11.8 Å². The highest BCUT2D eigenvalue weighted by Gasteiger charge is 2.29. The Morgan fingerprint density at radius 1 is 1.33 bits per heavy atom. The molecule has 1 aliphatic rings. The van der Waals surface area contributed by atoms with Crippen LogP contribution >= 0.6 is 0 Å². The number of piperidine rings is 1. The van der Waals surface area contributed by atoms with E-state index in [1.54, 1.807) is 4.90 Å². The lowest BCUT2D eigenvalue weighted by atomic mass is 9.95. The normalized spacial score (nSPS) is 18.8. The topological polar surface area (TPSA) is 73.2 Å². The van der Waals surface area contributed by atoms with E-state index >= 15 is 0 Å². The SMILES string of the molecule is CC(C)[C@H](C#N)NC(=O)[C@H]1CCCN(C(=O)Cc2ccccc2)C1. The van der Waals surface area contributed by atoms with Gasteiger partial charge in [-0.2, -0.15) is 5.26 Å². The number of carbonyl (C=O) groups excluding carboxylic acids is 2. The molecule has 1 N–H and O–H groups in total. The summed E-state index contributed by atoms with van der Waals surface area (Å²) in [5.74, 6) is -0.224. The Labute approximate surface area is 143 Å². The number of carbonyl (C=O) groups is 2. The summed E-state index contributed by atoms with van der Waals surface area (Å²) < 4.78 is 0. The average Bonchev–Trinajstić information content (AvgIpc) is 2.60. The van der Waals surface area contributed by atoms with Gasteiger partial charge in [0.2, 0.25) is 11.8 Å². The largest absolute Gasteiger partial charge is 0.342 e. The van der Waals surface area contributed by atoms with Gasteiger partial charge >= 0.3 is 0 Å². The number of benzene rings is 1. The van der Waals surface area contributed by atoms with Crippen molar-refractivity contribution in [2.24, 2.45) is 11.8 Å². The van der Waals surface area contributed by atoms with E-state index in [4.69, 9.17) is 5.26 Å². The summed E-state index contributed by atoms with van der Waals surface area (Å²) in [6.45, 7) is 4.95. The van der Waals surface area contributed by atoms with Gasteiger partial charge < -0.3 is 10.2 Å². The van der Waals surface area contributed by atoms with Gasteiger partial charge in [-0.15, -0.1) is 0 Å². The number of amides is 2. The van der Waals surface area contributed by atoms with E-state index in [1.165, 1.54) is 0 Å². The lowest BCUT2D eigenvalue weighted by Gasteiger charge is -2.32. The molecule has 2 rings (SSSR count). The van der Waals surface area contributed by atoms with Gasteiger partial charge in [-0.1, -0.05) is 44.2 Å². The number of likely N-dealkylation sites (tertiary alicyclic amines) is 1. The van der Waals surface area contributed by atoms with Gasteiger partial charge in [0.25, 0.3) is 0 Å². The van der Waals surface area contributed by atoms with Gasteiger partial charge in [-0.25, -0.2) is 0 Å². The molecule has 5 heteroatoms.